The fraction of sp³-hybridized carbons (Fsp3) is 0.545. The molecule has 6 nitrogen and oxygen atoms in total. The molecule has 0 saturated heterocycles. The van der Waals surface area contributed by atoms with E-state index in [-0.39, 0.29) is 5.91 Å². The van der Waals surface area contributed by atoms with Gasteiger partial charge in [0.05, 0.1) is 11.3 Å². The van der Waals surface area contributed by atoms with Crippen LogP contribution >= 0.6 is 0 Å². The van der Waals surface area contributed by atoms with Crippen molar-refractivity contribution in [2.45, 2.75) is 32.7 Å². The third-order valence-electron chi connectivity index (χ3n) is 2.50. The predicted molar refractivity (Wildman–Crippen MR) is 61.8 cm³/mol. The molecule has 0 aliphatic heterocycles. The van der Waals surface area contributed by atoms with Crippen LogP contribution in [0.1, 0.15) is 36.3 Å². The minimum Gasteiger partial charge on any atom is -0.480 e. The van der Waals surface area contributed by atoms with Crippen LogP contribution in [0.5, 0.6) is 0 Å². The predicted octanol–water partition coefficient (Wildman–Crippen LogP) is 0.575. The van der Waals surface area contributed by atoms with Crippen molar-refractivity contribution in [3.05, 3.63) is 17.5 Å². The molecule has 2 N–H and O–H groups in total. The Hall–Kier alpha value is -1.85. The maximum Gasteiger partial charge on any atom is 0.326 e. The number of carboxylic acid groups (broad SMARTS) is 1. The first-order valence-electron chi connectivity index (χ1n) is 5.55. The topological polar surface area (TPSA) is 84.2 Å². The molecule has 0 bridgehead atoms. The first-order chi connectivity index (χ1) is 7.99. The van der Waals surface area contributed by atoms with Crippen LogP contribution in [0.2, 0.25) is 0 Å². The van der Waals surface area contributed by atoms with Crippen LogP contribution in [0.25, 0.3) is 0 Å². The fourth-order valence-corrected chi connectivity index (χ4v) is 1.56. The monoisotopic (exact) mass is 239 g/mol. The minimum absolute atomic E-state index is 0.350. The number of hydrogen-bond acceptors (Lipinski definition) is 3. The number of amides is 1. The maximum absolute atomic E-state index is 11.9. The van der Waals surface area contributed by atoms with Crippen LogP contribution in [0, 0.1) is 0 Å². The lowest BCUT2D eigenvalue weighted by Crippen LogP contribution is -2.40. The van der Waals surface area contributed by atoms with Gasteiger partial charge >= 0.3 is 5.97 Å². The van der Waals surface area contributed by atoms with E-state index in [9.17, 15) is 9.59 Å². The van der Waals surface area contributed by atoms with Gasteiger partial charge in [0.1, 0.15) is 6.04 Å². The number of aryl methyl sites for hydroxylation is 2. The van der Waals surface area contributed by atoms with Crippen molar-refractivity contribution in [2.75, 3.05) is 0 Å². The van der Waals surface area contributed by atoms with Gasteiger partial charge in [-0.05, 0) is 12.8 Å². The number of carbonyl (C=O) groups excluding carboxylic acids is 1. The van der Waals surface area contributed by atoms with Crippen LogP contribution in [0.4, 0.5) is 0 Å². The van der Waals surface area contributed by atoms with E-state index in [2.05, 4.69) is 10.4 Å². The standard InChI is InChI=1S/C11H17N3O3/c1-4-8-7(6-14(3)13-8)10(15)12-9(5-2)11(16)17/h6,9H,4-5H2,1-3H3,(H,12,15)(H,16,17)/t9-/m0/s1. The number of carbonyl (C=O) groups is 2. The summed E-state index contributed by atoms with van der Waals surface area (Å²) in [5, 5.41) is 15.5. The summed E-state index contributed by atoms with van der Waals surface area (Å²) in [6, 6.07) is -0.854. The summed E-state index contributed by atoms with van der Waals surface area (Å²) in [5.41, 5.74) is 1.11. The normalized spacial score (nSPS) is 12.2. The third-order valence-corrected chi connectivity index (χ3v) is 2.50. The summed E-state index contributed by atoms with van der Waals surface area (Å²) in [6.45, 7) is 3.61. The Morgan fingerprint density at radius 3 is 2.65 bits per heavy atom. The lowest BCUT2D eigenvalue weighted by Gasteiger charge is -2.11. The van der Waals surface area contributed by atoms with Crippen molar-refractivity contribution in [1.82, 2.24) is 15.1 Å². The number of carboxylic acids is 1. The summed E-state index contributed by atoms with van der Waals surface area (Å²) in [6.07, 6.45) is 2.58. The molecule has 17 heavy (non-hydrogen) atoms. The molecule has 0 saturated carbocycles. The fourth-order valence-electron chi connectivity index (χ4n) is 1.56. The highest BCUT2D eigenvalue weighted by Gasteiger charge is 2.21. The molecule has 0 unspecified atom stereocenters. The van der Waals surface area contributed by atoms with E-state index in [1.54, 1.807) is 24.9 Å². The molecule has 1 amide bonds. The molecule has 1 aromatic rings. The van der Waals surface area contributed by atoms with Crippen molar-refractivity contribution in [3.63, 3.8) is 0 Å². The molecule has 1 atom stereocenters. The number of hydrogen-bond donors (Lipinski definition) is 2. The highest BCUT2D eigenvalue weighted by molar-refractivity contribution is 5.97. The van der Waals surface area contributed by atoms with E-state index in [4.69, 9.17) is 5.11 Å². The molecule has 1 aromatic heterocycles. The zero-order chi connectivity index (χ0) is 13.0. The number of aliphatic carboxylic acids is 1. The molecular weight excluding hydrogens is 222 g/mol. The number of rotatable bonds is 5. The highest BCUT2D eigenvalue weighted by atomic mass is 16.4. The molecule has 0 aliphatic carbocycles. The molecule has 0 aliphatic rings. The zero-order valence-corrected chi connectivity index (χ0v) is 10.2. The van der Waals surface area contributed by atoms with Crippen molar-refractivity contribution in [3.8, 4) is 0 Å². The molecular formula is C11H17N3O3. The van der Waals surface area contributed by atoms with E-state index in [1.807, 2.05) is 6.92 Å². The molecule has 1 heterocycles. The van der Waals surface area contributed by atoms with Gasteiger partial charge in [0.15, 0.2) is 0 Å². The molecule has 94 valence electrons. The minimum atomic E-state index is -1.03. The lowest BCUT2D eigenvalue weighted by atomic mass is 10.1. The van der Waals surface area contributed by atoms with Crippen molar-refractivity contribution >= 4 is 11.9 Å². The Kier molecular flexibility index (Phi) is 4.25. The van der Waals surface area contributed by atoms with Crippen molar-refractivity contribution in [2.24, 2.45) is 7.05 Å². The van der Waals surface area contributed by atoms with Crippen LogP contribution in [-0.4, -0.2) is 32.8 Å². The smallest absolute Gasteiger partial charge is 0.326 e. The Morgan fingerprint density at radius 2 is 2.18 bits per heavy atom. The van der Waals surface area contributed by atoms with Crippen molar-refractivity contribution in [1.29, 1.82) is 0 Å². The molecule has 1 rings (SSSR count). The van der Waals surface area contributed by atoms with Crippen LogP contribution in [0.3, 0.4) is 0 Å². The second kappa shape index (κ2) is 5.47. The van der Waals surface area contributed by atoms with Gasteiger partial charge in [-0.1, -0.05) is 13.8 Å². The van der Waals surface area contributed by atoms with E-state index < -0.39 is 12.0 Å². The van der Waals surface area contributed by atoms with E-state index in [0.717, 1.165) is 0 Å². The first kappa shape index (κ1) is 13.2. The van der Waals surface area contributed by atoms with Crippen molar-refractivity contribution < 1.29 is 14.7 Å². The average molecular weight is 239 g/mol. The van der Waals surface area contributed by atoms with Gasteiger partial charge in [-0.15, -0.1) is 0 Å². The van der Waals surface area contributed by atoms with E-state index in [0.29, 0.717) is 24.1 Å². The van der Waals surface area contributed by atoms with Gasteiger partial charge < -0.3 is 10.4 Å². The molecule has 0 spiro atoms. The van der Waals surface area contributed by atoms with E-state index >= 15 is 0 Å². The van der Waals surface area contributed by atoms with Crippen LogP contribution < -0.4 is 5.32 Å². The van der Waals surface area contributed by atoms with Gasteiger partial charge in [-0.2, -0.15) is 5.10 Å². The number of aromatic nitrogens is 2. The average Bonchev–Trinajstić information content (AvgIpc) is 2.66. The van der Waals surface area contributed by atoms with Gasteiger partial charge in [-0.25, -0.2) is 4.79 Å². The molecule has 0 fully saturated rings. The first-order valence-corrected chi connectivity index (χ1v) is 5.55. The zero-order valence-electron chi connectivity index (χ0n) is 10.2. The Balaban J connectivity index is 2.85. The summed E-state index contributed by atoms with van der Waals surface area (Å²) < 4.78 is 1.55. The summed E-state index contributed by atoms with van der Waals surface area (Å²) in [5.74, 6) is -1.41. The maximum atomic E-state index is 11.9. The molecule has 0 radical (unpaired) electrons. The summed E-state index contributed by atoms with van der Waals surface area (Å²) in [7, 11) is 1.73. The van der Waals surface area contributed by atoms with Gasteiger partial charge in [0.2, 0.25) is 0 Å². The van der Waals surface area contributed by atoms with Gasteiger partial charge in [-0.3, -0.25) is 9.48 Å². The second-order valence-electron chi connectivity index (χ2n) is 3.79. The summed E-state index contributed by atoms with van der Waals surface area (Å²) >= 11 is 0. The second-order valence-corrected chi connectivity index (χ2v) is 3.79. The van der Waals surface area contributed by atoms with Gasteiger partial charge in [0, 0.05) is 13.2 Å². The van der Waals surface area contributed by atoms with Crippen LogP contribution in [-0.2, 0) is 18.3 Å². The number of nitrogens with one attached hydrogen (secondary N) is 1. The molecule has 0 aromatic carbocycles. The van der Waals surface area contributed by atoms with E-state index in [1.165, 1.54) is 0 Å². The van der Waals surface area contributed by atoms with Crippen LogP contribution in [0.15, 0.2) is 6.20 Å². The summed E-state index contributed by atoms with van der Waals surface area (Å²) in [4.78, 5) is 22.7. The SMILES string of the molecule is CCc1nn(C)cc1C(=O)N[C@@H](CC)C(=O)O. The largest absolute Gasteiger partial charge is 0.480 e. The molecule has 6 heteroatoms. The Labute approximate surface area is 99.6 Å². The quantitative estimate of drug-likeness (QED) is 0.787. The Morgan fingerprint density at radius 1 is 1.53 bits per heavy atom. The Bertz CT molecular complexity index is 426. The number of nitrogens with zero attached hydrogens (tertiary/aromatic N) is 2. The third kappa shape index (κ3) is 3.05. The lowest BCUT2D eigenvalue weighted by molar-refractivity contribution is -0.139. The van der Waals surface area contributed by atoms with Gasteiger partial charge in [0.25, 0.3) is 5.91 Å². The highest BCUT2D eigenvalue weighted by Crippen LogP contribution is 2.07.